The Kier molecular flexibility index (Phi) is 4.99. The maximum absolute atomic E-state index is 12.3. The molecular formula is C18H20O3. The second-order valence-corrected chi connectivity index (χ2v) is 5.29. The first kappa shape index (κ1) is 15.1. The molecule has 21 heavy (non-hydrogen) atoms. The Labute approximate surface area is 125 Å². The van der Waals surface area contributed by atoms with Gasteiger partial charge in [0.25, 0.3) is 0 Å². The number of benzene rings is 2. The van der Waals surface area contributed by atoms with Crippen LogP contribution in [0.2, 0.25) is 0 Å². The summed E-state index contributed by atoms with van der Waals surface area (Å²) in [5, 5.41) is 0. The van der Waals surface area contributed by atoms with E-state index in [2.05, 4.69) is 13.8 Å². The molecule has 0 spiro atoms. The molecule has 0 aliphatic carbocycles. The summed E-state index contributed by atoms with van der Waals surface area (Å²) < 4.78 is 10.7. The first-order valence-electron chi connectivity index (χ1n) is 7.01. The Morgan fingerprint density at radius 3 is 1.81 bits per heavy atom. The number of ether oxygens (including phenoxy) is 2. The average Bonchev–Trinajstić information content (AvgIpc) is 2.53. The summed E-state index contributed by atoms with van der Waals surface area (Å²) in [4.78, 5) is 12.3. The van der Waals surface area contributed by atoms with Crippen LogP contribution >= 0.6 is 0 Å². The second kappa shape index (κ2) is 6.93. The normalized spacial score (nSPS) is 10.5. The zero-order valence-electron chi connectivity index (χ0n) is 12.6. The van der Waals surface area contributed by atoms with Gasteiger partial charge in [-0.2, -0.15) is 0 Å². The summed E-state index contributed by atoms with van der Waals surface area (Å²) in [6.07, 6.45) is 0. The molecule has 0 saturated heterocycles. The Morgan fingerprint density at radius 2 is 1.38 bits per heavy atom. The van der Waals surface area contributed by atoms with Gasteiger partial charge in [0.05, 0.1) is 13.7 Å². The highest BCUT2D eigenvalue weighted by Crippen LogP contribution is 2.18. The van der Waals surface area contributed by atoms with Gasteiger partial charge < -0.3 is 9.47 Å². The van der Waals surface area contributed by atoms with Crippen LogP contribution in [-0.4, -0.2) is 19.5 Å². The van der Waals surface area contributed by atoms with E-state index in [1.54, 1.807) is 43.5 Å². The van der Waals surface area contributed by atoms with Crippen molar-refractivity contribution in [1.82, 2.24) is 0 Å². The number of carbonyl (C=O) groups excluding carboxylic acids is 1. The molecule has 2 aromatic rings. The first-order valence-corrected chi connectivity index (χ1v) is 7.01. The topological polar surface area (TPSA) is 35.5 Å². The van der Waals surface area contributed by atoms with Gasteiger partial charge in [-0.05, 0) is 54.4 Å². The fourth-order valence-electron chi connectivity index (χ4n) is 1.87. The lowest BCUT2D eigenvalue weighted by atomic mass is 10.0. The molecule has 0 radical (unpaired) electrons. The number of carbonyl (C=O) groups is 1. The third kappa shape index (κ3) is 4.09. The van der Waals surface area contributed by atoms with Gasteiger partial charge in [0.15, 0.2) is 5.78 Å². The molecule has 2 rings (SSSR count). The Hall–Kier alpha value is -2.29. The number of methoxy groups -OCH3 is 1. The smallest absolute Gasteiger partial charge is 0.193 e. The first-order chi connectivity index (χ1) is 10.1. The molecule has 0 aromatic heterocycles. The van der Waals surface area contributed by atoms with Gasteiger partial charge in [-0.3, -0.25) is 4.79 Å². The zero-order valence-corrected chi connectivity index (χ0v) is 12.6. The van der Waals surface area contributed by atoms with Crippen LogP contribution in [0.1, 0.15) is 29.8 Å². The van der Waals surface area contributed by atoms with Crippen molar-refractivity contribution in [3.05, 3.63) is 59.7 Å². The number of ketones is 1. The van der Waals surface area contributed by atoms with E-state index in [0.29, 0.717) is 23.7 Å². The van der Waals surface area contributed by atoms with E-state index in [-0.39, 0.29) is 5.78 Å². The van der Waals surface area contributed by atoms with E-state index in [4.69, 9.17) is 9.47 Å². The molecule has 0 N–H and O–H groups in total. The van der Waals surface area contributed by atoms with Gasteiger partial charge in [0, 0.05) is 11.1 Å². The maximum Gasteiger partial charge on any atom is 0.193 e. The molecule has 3 nitrogen and oxygen atoms in total. The van der Waals surface area contributed by atoms with Gasteiger partial charge >= 0.3 is 0 Å². The largest absolute Gasteiger partial charge is 0.497 e. The minimum atomic E-state index is -0.00642. The minimum absolute atomic E-state index is 0.00642. The fraction of sp³-hybridized carbons (Fsp3) is 0.278. The van der Waals surface area contributed by atoms with E-state index >= 15 is 0 Å². The van der Waals surface area contributed by atoms with Crippen molar-refractivity contribution in [2.75, 3.05) is 13.7 Å². The van der Waals surface area contributed by atoms with Crippen molar-refractivity contribution in [2.45, 2.75) is 13.8 Å². The van der Waals surface area contributed by atoms with Crippen LogP contribution in [0.25, 0.3) is 0 Å². The number of hydrogen-bond acceptors (Lipinski definition) is 3. The molecule has 110 valence electrons. The van der Waals surface area contributed by atoms with Crippen LogP contribution in [0.3, 0.4) is 0 Å². The van der Waals surface area contributed by atoms with E-state index in [1.807, 2.05) is 12.1 Å². The third-order valence-electron chi connectivity index (χ3n) is 3.05. The standard InChI is InChI=1S/C18H20O3/c1-13(2)12-21-17-10-6-15(7-11-17)18(19)14-4-8-16(20-3)9-5-14/h4-11,13H,12H2,1-3H3. The highest BCUT2D eigenvalue weighted by atomic mass is 16.5. The quantitative estimate of drug-likeness (QED) is 0.753. The van der Waals surface area contributed by atoms with Crippen molar-refractivity contribution >= 4 is 5.78 Å². The van der Waals surface area contributed by atoms with Crippen molar-refractivity contribution in [3.8, 4) is 11.5 Å². The van der Waals surface area contributed by atoms with Crippen molar-refractivity contribution in [2.24, 2.45) is 5.92 Å². The molecule has 0 fully saturated rings. The predicted octanol–water partition coefficient (Wildman–Crippen LogP) is 3.96. The van der Waals surface area contributed by atoms with Gasteiger partial charge in [0.2, 0.25) is 0 Å². The lowest BCUT2D eigenvalue weighted by molar-refractivity contribution is 0.103. The summed E-state index contributed by atoms with van der Waals surface area (Å²) in [6.45, 7) is 4.87. The summed E-state index contributed by atoms with van der Waals surface area (Å²) in [7, 11) is 1.60. The van der Waals surface area contributed by atoms with Crippen LogP contribution in [0.4, 0.5) is 0 Å². The summed E-state index contributed by atoms with van der Waals surface area (Å²) in [5.74, 6) is 2.00. The van der Waals surface area contributed by atoms with E-state index in [9.17, 15) is 4.79 Å². The van der Waals surface area contributed by atoms with Crippen LogP contribution in [0.5, 0.6) is 11.5 Å². The zero-order chi connectivity index (χ0) is 15.2. The lowest BCUT2D eigenvalue weighted by Crippen LogP contribution is -2.05. The fourth-order valence-corrected chi connectivity index (χ4v) is 1.87. The van der Waals surface area contributed by atoms with Crippen molar-refractivity contribution in [1.29, 1.82) is 0 Å². The second-order valence-electron chi connectivity index (χ2n) is 5.29. The summed E-state index contributed by atoms with van der Waals surface area (Å²) >= 11 is 0. The SMILES string of the molecule is COc1ccc(C(=O)c2ccc(OCC(C)C)cc2)cc1. The summed E-state index contributed by atoms with van der Waals surface area (Å²) in [6, 6.07) is 14.4. The molecule has 0 amide bonds. The van der Waals surface area contributed by atoms with Gasteiger partial charge in [0.1, 0.15) is 11.5 Å². The molecule has 0 saturated carbocycles. The molecular weight excluding hydrogens is 264 g/mol. The molecule has 0 unspecified atom stereocenters. The van der Waals surface area contributed by atoms with Crippen LogP contribution in [-0.2, 0) is 0 Å². The van der Waals surface area contributed by atoms with Crippen LogP contribution < -0.4 is 9.47 Å². The monoisotopic (exact) mass is 284 g/mol. The Bertz CT molecular complexity index is 583. The predicted molar refractivity (Wildman–Crippen MR) is 83.2 cm³/mol. The highest BCUT2D eigenvalue weighted by molar-refractivity contribution is 6.09. The van der Waals surface area contributed by atoms with Crippen LogP contribution in [0.15, 0.2) is 48.5 Å². The number of rotatable bonds is 6. The summed E-state index contributed by atoms with van der Waals surface area (Å²) in [5.41, 5.74) is 1.30. The van der Waals surface area contributed by atoms with Gasteiger partial charge in [-0.25, -0.2) is 0 Å². The van der Waals surface area contributed by atoms with Crippen molar-refractivity contribution < 1.29 is 14.3 Å². The van der Waals surface area contributed by atoms with E-state index in [1.165, 1.54) is 0 Å². The molecule has 0 heterocycles. The molecule has 3 heteroatoms. The molecule has 0 aliphatic heterocycles. The Morgan fingerprint density at radius 1 is 0.905 bits per heavy atom. The van der Waals surface area contributed by atoms with E-state index in [0.717, 1.165) is 11.5 Å². The molecule has 0 bridgehead atoms. The van der Waals surface area contributed by atoms with Gasteiger partial charge in [-0.1, -0.05) is 13.8 Å². The number of hydrogen-bond donors (Lipinski definition) is 0. The van der Waals surface area contributed by atoms with E-state index < -0.39 is 0 Å². The van der Waals surface area contributed by atoms with Gasteiger partial charge in [-0.15, -0.1) is 0 Å². The molecule has 0 aliphatic rings. The minimum Gasteiger partial charge on any atom is -0.497 e. The maximum atomic E-state index is 12.3. The van der Waals surface area contributed by atoms with Crippen molar-refractivity contribution in [3.63, 3.8) is 0 Å². The molecule has 2 aromatic carbocycles. The molecule has 0 atom stereocenters. The highest BCUT2D eigenvalue weighted by Gasteiger charge is 2.09. The third-order valence-corrected chi connectivity index (χ3v) is 3.05. The van der Waals surface area contributed by atoms with Crippen LogP contribution in [0, 0.1) is 5.92 Å². The average molecular weight is 284 g/mol. The Balaban J connectivity index is 2.08. The lowest BCUT2D eigenvalue weighted by Gasteiger charge is -2.09.